The van der Waals surface area contributed by atoms with Gasteiger partial charge in [-0.25, -0.2) is 8.42 Å². The van der Waals surface area contributed by atoms with Crippen molar-refractivity contribution in [2.24, 2.45) is 0 Å². The highest BCUT2D eigenvalue weighted by Crippen LogP contribution is 2.22. The van der Waals surface area contributed by atoms with E-state index in [9.17, 15) is 18.5 Å². The minimum absolute atomic E-state index is 0.0700. The number of non-ortho nitro benzene ring substituents is 1. The Morgan fingerprint density at radius 3 is 2.65 bits per heavy atom. The predicted octanol–water partition coefficient (Wildman–Crippen LogP) is 0.0802. The minimum atomic E-state index is -3.66. The summed E-state index contributed by atoms with van der Waals surface area (Å²) in [5, 5.41) is 14.4. The van der Waals surface area contributed by atoms with Crippen LogP contribution in [0.2, 0.25) is 0 Å². The highest BCUT2D eigenvalue weighted by atomic mass is 32.2. The van der Waals surface area contributed by atoms with Gasteiger partial charge in [-0.05, 0) is 0 Å². The van der Waals surface area contributed by atoms with Gasteiger partial charge < -0.3 is 5.73 Å². The zero-order chi connectivity index (χ0) is 16.8. The molecule has 2 aromatic heterocycles. The van der Waals surface area contributed by atoms with Crippen LogP contribution in [-0.4, -0.2) is 44.2 Å². The molecule has 2 N–H and O–H groups in total. The minimum Gasteiger partial charge on any atom is -0.368 e. The van der Waals surface area contributed by atoms with E-state index < -0.39 is 19.9 Å². The summed E-state index contributed by atoms with van der Waals surface area (Å²) in [5.41, 5.74) is 5.90. The van der Waals surface area contributed by atoms with Gasteiger partial charge in [0.05, 0.1) is 4.92 Å². The van der Waals surface area contributed by atoms with Gasteiger partial charge in [-0.1, -0.05) is 12.1 Å². The zero-order valence-corrected chi connectivity index (χ0v) is 12.4. The maximum atomic E-state index is 11.5. The maximum absolute atomic E-state index is 11.5. The molecule has 0 spiro atoms. The molecule has 0 radical (unpaired) electrons. The fourth-order valence-electron chi connectivity index (χ4n) is 1.83. The third kappa shape index (κ3) is 2.66. The summed E-state index contributed by atoms with van der Waals surface area (Å²) in [6, 6.07) is 5.67. The van der Waals surface area contributed by atoms with Crippen LogP contribution in [0.1, 0.15) is 0 Å². The zero-order valence-electron chi connectivity index (χ0n) is 11.6. The molecule has 0 unspecified atom stereocenters. The molecular weight excluding hydrogens is 326 g/mol. The molecule has 0 amide bonds. The van der Waals surface area contributed by atoms with Crippen LogP contribution in [0.5, 0.6) is 0 Å². The van der Waals surface area contributed by atoms with E-state index in [4.69, 9.17) is 5.73 Å². The number of rotatable bonds is 3. The molecule has 0 saturated carbocycles. The SMILES string of the molecule is CS(=O)(=O)c1nc(N)n2nc(-c3cccc([N+](=O)[O-])c3)nc2n1. The molecule has 12 heteroatoms. The van der Waals surface area contributed by atoms with Crippen LogP contribution >= 0.6 is 0 Å². The monoisotopic (exact) mass is 335 g/mol. The summed E-state index contributed by atoms with van der Waals surface area (Å²) in [6.07, 6.45) is 0.941. The lowest BCUT2D eigenvalue weighted by atomic mass is 10.2. The first-order chi connectivity index (χ1) is 10.8. The summed E-state index contributed by atoms with van der Waals surface area (Å²) < 4.78 is 24.1. The number of fused-ring (bicyclic) bond motifs is 1. The standard InChI is InChI=1S/C11H9N7O4S/c1-23(21,22)11-14-9(12)17-10(15-11)13-8(16-17)6-3-2-4-7(5-6)18(19)20/h2-5H,1H3,(H2,12,13,14,15,16). The van der Waals surface area contributed by atoms with Gasteiger partial charge in [0.2, 0.25) is 15.8 Å². The number of nitro benzene ring substituents is 1. The van der Waals surface area contributed by atoms with E-state index in [0.29, 0.717) is 5.56 Å². The van der Waals surface area contributed by atoms with Crippen molar-refractivity contribution in [2.75, 3.05) is 12.0 Å². The van der Waals surface area contributed by atoms with Crippen LogP contribution in [-0.2, 0) is 9.84 Å². The first kappa shape index (κ1) is 14.8. The van der Waals surface area contributed by atoms with Gasteiger partial charge in [0.25, 0.3) is 16.6 Å². The number of anilines is 1. The Balaban J connectivity index is 2.19. The van der Waals surface area contributed by atoms with Crippen molar-refractivity contribution in [1.29, 1.82) is 0 Å². The lowest BCUT2D eigenvalue weighted by Crippen LogP contribution is -2.11. The molecule has 23 heavy (non-hydrogen) atoms. The molecular formula is C11H9N7O4S. The van der Waals surface area contributed by atoms with Gasteiger partial charge in [0, 0.05) is 24.0 Å². The van der Waals surface area contributed by atoms with Crippen molar-refractivity contribution in [2.45, 2.75) is 5.16 Å². The Kier molecular flexibility index (Phi) is 3.18. The average molecular weight is 335 g/mol. The van der Waals surface area contributed by atoms with Gasteiger partial charge >= 0.3 is 0 Å². The van der Waals surface area contributed by atoms with Crippen LogP contribution in [0.4, 0.5) is 11.6 Å². The van der Waals surface area contributed by atoms with Crippen LogP contribution < -0.4 is 5.73 Å². The number of hydrogen-bond donors (Lipinski definition) is 1. The van der Waals surface area contributed by atoms with Gasteiger partial charge in [0.15, 0.2) is 5.82 Å². The number of aromatic nitrogens is 5. The first-order valence-corrected chi connectivity index (χ1v) is 8.00. The number of benzene rings is 1. The quantitative estimate of drug-likeness (QED) is 0.516. The van der Waals surface area contributed by atoms with Crippen molar-refractivity contribution < 1.29 is 13.3 Å². The van der Waals surface area contributed by atoms with Crippen LogP contribution in [0, 0.1) is 10.1 Å². The molecule has 0 aliphatic rings. The summed E-state index contributed by atoms with van der Waals surface area (Å²) in [6.45, 7) is 0. The van der Waals surface area contributed by atoms with Crippen LogP contribution in [0.3, 0.4) is 0 Å². The molecule has 2 heterocycles. The third-order valence-electron chi connectivity index (χ3n) is 2.86. The van der Waals surface area contributed by atoms with Crippen molar-refractivity contribution in [3.8, 4) is 11.4 Å². The van der Waals surface area contributed by atoms with E-state index in [1.807, 2.05) is 0 Å². The fourth-order valence-corrected chi connectivity index (χ4v) is 2.34. The molecule has 11 nitrogen and oxygen atoms in total. The van der Waals surface area contributed by atoms with Crippen molar-refractivity contribution in [3.05, 3.63) is 34.4 Å². The average Bonchev–Trinajstić information content (AvgIpc) is 2.91. The Bertz CT molecular complexity index is 1040. The Labute approximate surface area is 128 Å². The fraction of sp³-hybridized carbons (Fsp3) is 0.0909. The molecule has 0 aliphatic heterocycles. The predicted molar refractivity (Wildman–Crippen MR) is 78.2 cm³/mol. The number of nitrogens with two attached hydrogens (primary N) is 1. The number of nitrogens with zero attached hydrogens (tertiary/aromatic N) is 6. The normalized spacial score (nSPS) is 11.7. The first-order valence-electron chi connectivity index (χ1n) is 6.11. The summed E-state index contributed by atoms with van der Waals surface area (Å²) >= 11 is 0. The second kappa shape index (κ2) is 4.95. The second-order valence-electron chi connectivity index (χ2n) is 4.59. The molecule has 0 bridgehead atoms. The Morgan fingerprint density at radius 2 is 2.00 bits per heavy atom. The van der Waals surface area contributed by atoms with Gasteiger partial charge in [-0.2, -0.15) is 19.5 Å². The van der Waals surface area contributed by atoms with Crippen LogP contribution in [0.15, 0.2) is 29.4 Å². The van der Waals surface area contributed by atoms with Crippen molar-refractivity contribution in [1.82, 2.24) is 24.6 Å². The lowest BCUT2D eigenvalue weighted by Gasteiger charge is -1.99. The molecule has 0 atom stereocenters. The molecule has 0 fully saturated rings. The third-order valence-corrected chi connectivity index (χ3v) is 3.71. The van der Waals surface area contributed by atoms with E-state index in [0.717, 1.165) is 10.8 Å². The van der Waals surface area contributed by atoms with Crippen LogP contribution in [0.25, 0.3) is 17.2 Å². The lowest BCUT2D eigenvalue weighted by molar-refractivity contribution is -0.384. The van der Waals surface area contributed by atoms with Gasteiger partial charge in [0.1, 0.15) is 0 Å². The number of nitro groups is 1. The van der Waals surface area contributed by atoms with Crippen molar-refractivity contribution >= 4 is 27.3 Å². The summed E-state index contributed by atoms with van der Waals surface area (Å²) in [5.74, 6) is -0.167. The van der Waals surface area contributed by atoms with Gasteiger partial charge in [-0.15, -0.1) is 5.10 Å². The van der Waals surface area contributed by atoms with E-state index in [-0.39, 0.29) is 23.2 Å². The number of sulfone groups is 1. The molecule has 0 saturated heterocycles. The van der Waals surface area contributed by atoms with E-state index >= 15 is 0 Å². The maximum Gasteiger partial charge on any atom is 0.270 e. The molecule has 0 aliphatic carbocycles. The largest absolute Gasteiger partial charge is 0.368 e. The van der Waals surface area contributed by atoms with Gasteiger partial charge in [-0.3, -0.25) is 10.1 Å². The Morgan fingerprint density at radius 1 is 1.26 bits per heavy atom. The van der Waals surface area contributed by atoms with E-state index in [1.165, 1.54) is 18.2 Å². The Hall–Kier alpha value is -3.15. The smallest absolute Gasteiger partial charge is 0.270 e. The molecule has 3 rings (SSSR count). The topological polar surface area (TPSA) is 159 Å². The number of nitrogen functional groups attached to an aromatic ring is 1. The molecule has 118 valence electrons. The molecule has 1 aromatic carbocycles. The van der Waals surface area contributed by atoms with E-state index in [2.05, 4.69) is 20.1 Å². The summed E-state index contributed by atoms with van der Waals surface area (Å²) in [7, 11) is -3.66. The summed E-state index contributed by atoms with van der Waals surface area (Å²) in [4.78, 5) is 21.8. The number of hydrogen-bond acceptors (Lipinski definition) is 9. The molecule has 3 aromatic rings. The van der Waals surface area contributed by atoms with Crippen molar-refractivity contribution in [3.63, 3.8) is 0 Å². The highest BCUT2D eigenvalue weighted by molar-refractivity contribution is 7.90. The highest BCUT2D eigenvalue weighted by Gasteiger charge is 2.18. The van der Waals surface area contributed by atoms with E-state index in [1.54, 1.807) is 6.07 Å². The second-order valence-corrected chi connectivity index (χ2v) is 6.50.